The standard InChI is InChI=1S/C18H39OP/c1-15(2)9-11-17(5,6)13-20(19)14-18(7,8)12-10-16(3)4/h15-16,20H,9-14H2,1-8H3. The predicted octanol–water partition coefficient (Wildman–Crippen LogP) is 6.47. The van der Waals surface area contributed by atoms with Crippen molar-refractivity contribution in [3.63, 3.8) is 0 Å². The summed E-state index contributed by atoms with van der Waals surface area (Å²) in [5.74, 6) is 1.50. The van der Waals surface area contributed by atoms with Gasteiger partial charge in [0.25, 0.3) is 0 Å². The molecular weight excluding hydrogens is 263 g/mol. The minimum absolute atomic E-state index is 0.244. The molecule has 0 saturated heterocycles. The minimum atomic E-state index is -1.45. The Morgan fingerprint density at radius 3 is 1.30 bits per heavy atom. The normalized spacial score (nSPS) is 13.8. The second kappa shape index (κ2) is 8.62. The zero-order chi connectivity index (χ0) is 16.0. The lowest BCUT2D eigenvalue weighted by Crippen LogP contribution is -2.20. The first-order chi connectivity index (χ1) is 8.93. The van der Waals surface area contributed by atoms with Gasteiger partial charge in [0.2, 0.25) is 0 Å². The Labute approximate surface area is 129 Å². The average molecular weight is 302 g/mol. The van der Waals surface area contributed by atoms with Gasteiger partial charge in [-0.05, 0) is 35.5 Å². The van der Waals surface area contributed by atoms with E-state index in [4.69, 9.17) is 0 Å². The quantitative estimate of drug-likeness (QED) is 0.423. The lowest BCUT2D eigenvalue weighted by atomic mass is 9.87. The van der Waals surface area contributed by atoms with E-state index in [2.05, 4.69) is 55.4 Å². The fourth-order valence-electron chi connectivity index (χ4n) is 2.67. The van der Waals surface area contributed by atoms with Crippen molar-refractivity contribution in [2.24, 2.45) is 22.7 Å². The zero-order valence-corrected chi connectivity index (χ0v) is 16.3. The van der Waals surface area contributed by atoms with Crippen LogP contribution in [0.5, 0.6) is 0 Å². The first-order valence-electron chi connectivity index (χ1n) is 8.45. The summed E-state index contributed by atoms with van der Waals surface area (Å²) in [5.41, 5.74) is 0.489. The molecule has 1 nitrogen and oxygen atoms in total. The summed E-state index contributed by atoms with van der Waals surface area (Å²) in [6.07, 6.45) is 6.75. The third-order valence-electron chi connectivity index (χ3n) is 4.15. The molecule has 0 aromatic rings. The smallest absolute Gasteiger partial charge is 0.0772 e. The van der Waals surface area contributed by atoms with E-state index in [1.807, 2.05) is 0 Å². The highest BCUT2D eigenvalue weighted by Crippen LogP contribution is 2.41. The summed E-state index contributed by atoms with van der Waals surface area (Å²) in [7, 11) is -1.45. The fraction of sp³-hybridized carbons (Fsp3) is 1.00. The van der Waals surface area contributed by atoms with E-state index in [0.29, 0.717) is 0 Å². The molecule has 0 saturated carbocycles. The Balaban J connectivity index is 4.25. The summed E-state index contributed by atoms with van der Waals surface area (Å²) < 4.78 is 12.5. The Morgan fingerprint density at radius 2 is 1.05 bits per heavy atom. The van der Waals surface area contributed by atoms with Gasteiger partial charge in [0.05, 0.1) is 7.80 Å². The molecule has 0 atom stereocenters. The summed E-state index contributed by atoms with van der Waals surface area (Å²) in [4.78, 5) is 0. The van der Waals surface area contributed by atoms with Gasteiger partial charge in [-0.2, -0.15) is 0 Å². The third-order valence-corrected chi connectivity index (χ3v) is 6.85. The average Bonchev–Trinajstić information content (AvgIpc) is 2.22. The molecule has 0 N–H and O–H groups in total. The molecule has 0 aliphatic rings. The predicted molar refractivity (Wildman–Crippen MR) is 94.4 cm³/mol. The van der Waals surface area contributed by atoms with Crippen molar-refractivity contribution in [2.75, 3.05) is 12.3 Å². The van der Waals surface area contributed by atoms with Gasteiger partial charge in [-0.1, -0.05) is 68.2 Å². The highest BCUT2D eigenvalue weighted by atomic mass is 31.1. The van der Waals surface area contributed by atoms with Crippen LogP contribution in [0.25, 0.3) is 0 Å². The van der Waals surface area contributed by atoms with E-state index in [1.165, 1.54) is 25.7 Å². The van der Waals surface area contributed by atoms with Crippen LogP contribution >= 0.6 is 7.80 Å². The molecule has 0 radical (unpaired) electrons. The largest absolute Gasteiger partial charge is 0.327 e. The molecule has 0 heterocycles. The highest BCUT2D eigenvalue weighted by Gasteiger charge is 2.26. The minimum Gasteiger partial charge on any atom is -0.327 e. The van der Waals surface area contributed by atoms with Crippen molar-refractivity contribution in [3.05, 3.63) is 0 Å². The van der Waals surface area contributed by atoms with Gasteiger partial charge in [-0.25, -0.2) is 0 Å². The Bertz CT molecular complexity index is 262. The van der Waals surface area contributed by atoms with Crippen LogP contribution in [0.4, 0.5) is 0 Å². The van der Waals surface area contributed by atoms with Crippen LogP contribution < -0.4 is 0 Å². The Morgan fingerprint density at radius 1 is 0.750 bits per heavy atom. The molecule has 0 aromatic heterocycles. The molecule has 0 spiro atoms. The van der Waals surface area contributed by atoms with Crippen LogP contribution in [0.15, 0.2) is 0 Å². The first kappa shape index (κ1) is 20.2. The summed E-state index contributed by atoms with van der Waals surface area (Å²) in [6.45, 7) is 18.3. The second-order valence-electron chi connectivity index (χ2n) is 9.09. The topological polar surface area (TPSA) is 17.1 Å². The molecule has 0 bridgehead atoms. The van der Waals surface area contributed by atoms with Gasteiger partial charge < -0.3 is 4.57 Å². The van der Waals surface area contributed by atoms with Crippen LogP contribution in [-0.4, -0.2) is 12.3 Å². The molecule has 0 fully saturated rings. The van der Waals surface area contributed by atoms with E-state index in [9.17, 15) is 4.57 Å². The van der Waals surface area contributed by atoms with Crippen LogP contribution in [0, 0.1) is 22.7 Å². The maximum atomic E-state index is 12.5. The molecular formula is C18H39OP. The SMILES string of the molecule is CC(C)CCC(C)(C)C[PH](=O)CC(C)(C)CCC(C)C. The monoisotopic (exact) mass is 302 g/mol. The van der Waals surface area contributed by atoms with Crippen molar-refractivity contribution >= 4 is 7.80 Å². The fourth-order valence-corrected chi connectivity index (χ4v) is 5.28. The molecule has 0 aliphatic carbocycles. The van der Waals surface area contributed by atoms with E-state index < -0.39 is 7.80 Å². The van der Waals surface area contributed by atoms with Crippen molar-refractivity contribution in [1.82, 2.24) is 0 Å². The number of hydrogen-bond acceptors (Lipinski definition) is 1. The van der Waals surface area contributed by atoms with Gasteiger partial charge in [-0.3, -0.25) is 0 Å². The van der Waals surface area contributed by atoms with Crippen LogP contribution in [-0.2, 0) is 4.57 Å². The van der Waals surface area contributed by atoms with Crippen molar-refractivity contribution in [1.29, 1.82) is 0 Å². The lowest BCUT2D eigenvalue weighted by molar-refractivity contribution is 0.327. The highest BCUT2D eigenvalue weighted by molar-refractivity contribution is 7.44. The van der Waals surface area contributed by atoms with Gasteiger partial charge in [0, 0.05) is 12.3 Å². The lowest BCUT2D eigenvalue weighted by Gasteiger charge is -2.29. The van der Waals surface area contributed by atoms with E-state index in [-0.39, 0.29) is 10.8 Å². The molecule has 122 valence electrons. The third kappa shape index (κ3) is 11.0. The Hall–Kier alpha value is 0.230. The van der Waals surface area contributed by atoms with Crippen LogP contribution in [0.3, 0.4) is 0 Å². The van der Waals surface area contributed by atoms with E-state index >= 15 is 0 Å². The summed E-state index contributed by atoms with van der Waals surface area (Å²) >= 11 is 0. The number of rotatable bonds is 10. The molecule has 0 rings (SSSR count). The van der Waals surface area contributed by atoms with Crippen molar-refractivity contribution in [2.45, 2.75) is 81.1 Å². The molecule has 0 aromatic carbocycles. The van der Waals surface area contributed by atoms with Crippen LogP contribution in [0.2, 0.25) is 0 Å². The van der Waals surface area contributed by atoms with E-state index in [0.717, 1.165) is 24.2 Å². The molecule has 2 heteroatoms. The van der Waals surface area contributed by atoms with Gasteiger partial charge in [-0.15, -0.1) is 0 Å². The Kier molecular flexibility index (Phi) is 8.72. The van der Waals surface area contributed by atoms with Crippen molar-refractivity contribution < 1.29 is 4.57 Å². The van der Waals surface area contributed by atoms with Gasteiger partial charge in [0.1, 0.15) is 0 Å². The second-order valence-corrected chi connectivity index (χ2v) is 10.9. The summed E-state index contributed by atoms with van der Waals surface area (Å²) in [5, 5.41) is 0. The first-order valence-corrected chi connectivity index (χ1v) is 10.3. The van der Waals surface area contributed by atoms with Gasteiger partial charge >= 0.3 is 0 Å². The maximum Gasteiger partial charge on any atom is 0.0772 e. The summed E-state index contributed by atoms with van der Waals surface area (Å²) in [6, 6.07) is 0. The molecule has 20 heavy (non-hydrogen) atoms. The molecule has 0 unspecified atom stereocenters. The van der Waals surface area contributed by atoms with Crippen LogP contribution in [0.1, 0.15) is 81.1 Å². The zero-order valence-electron chi connectivity index (χ0n) is 15.3. The molecule has 0 aliphatic heterocycles. The van der Waals surface area contributed by atoms with E-state index in [1.54, 1.807) is 0 Å². The van der Waals surface area contributed by atoms with Gasteiger partial charge in [0.15, 0.2) is 0 Å². The maximum absolute atomic E-state index is 12.5. The molecule has 0 amide bonds. The number of hydrogen-bond donors (Lipinski definition) is 0. The van der Waals surface area contributed by atoms with Crippen molar-refractivity contribution in [3.8, 4) is 0 Å².